The van der Waals surface area contributed by atoms with Crippen molar-refractivity contribution in [1.82, 2.24) is 4.98 Å². The van der Waals surface area contributed by atoms with E-state index in [-0.39, 0.29) is 0 Å². The van der Waals surface area contributed by atoms with Gasteiger partial charge in [-0.3, -0.25) is 0 Å². The van der Waals surface area contributed by atoms with Gasteiger partial charge in [0.1, 0.15) is 5.01 Å². The molecule has 6 aromatic rings. The number of para-hydroxylation sites is 1. The predicted octanol–water partition coefficient (Wildman–Crippen LogP) is 9.00. The summed E-state index contributed by atoms with van der Waals surface area (Å²) in [7, 11) is -1.37. The van der Waals surface area contributed by atoms with Crippen LogP contribution in [0.2, 0.25) is 19.6 Å². The van der Waals surface area contributed by atoms with Crippen LogP contribution in [0.15, 0.2) is 109 Å². The normalized spacial score (nSPS) is 11.9. The van der Waals surface area contributed by atoms with E-state index in [9.17, 15) is 0 Å². The molecule has 170 valence electrons. The molecule has 0 fully saturated rings. The molecular formula is C32H27NSSi. The maximum atomic E-state index is 4.94. The van der Waals surface area contributed by atoms with Crippen LogP contribution < -0.4 is 5.19 Å². The van der Waals surface area contributed by atoms with Gasteiger partial charge in [-0.2, -0.15) is 0 Å². The first-order chi connectivity index (χ1) is 17.0. The SMILES string of the molecule is C[Si](C)(C)c1cccc(-c2cccc(-c3ccc(-c4nc5ccccc5s4)c4ccccc34)c2)c1. The smallest absolute Gasteiger partial charge is 0.125 e. The number of rotatable bonds is 4. The highest BCUT2D eigenvalue weighted by molar-refractivity contribution is 7.21. The molecule has 1 heterocycles. The fraction of sp³-hybridized carbons (Fsp3) is 0.0938. The molecule has 0 amide bonds. The quantitative estimate of drug-likeness (QED) is 0.227. The molecule has 5 aromatic carbocycles. The summed E-state index contributed by atoms with van der Waals surface area (Å²) in [5.74, 6) is 0. The Balaban J connectivity index is 1.48. The predicted molar refractivity (Wildman–Crippen MR) is 156 cm³/mol. The van der Waals surface area contributed by atoms with Crippen LogP contribution in [0, 0.1) is 0 Å². The molecule has 0 saturated carbocycles. The van der Waals surface area contributed by atoms with Crippen molar-refractivity contribution in [3.05, 3.63) is 109 Å². The standard InChI is InChI=1S/C32H27NSSi/c1-35(2,3)25-13-9-11-23(21-25)22-10-8-12-24(20-22)26-18-19-29(28-15-5-4-14-27(26)28)32-33-30-16-6-7-17-31(30)34-32/h4-21H,1-3H3. The maximum absolute atomic E-state index is 4.94. The molecule has 0 atom stereocenters. The number of nitrogens with zero attached hydrogens (tertiary/aromatic N) is 1. The number of hydrogen-bond donors (Lipinski definition) is 0. The van der Waals surface area contributed by atoms with Crippen molar-refractivity contribution in [3.63, 3.8) is 0 Å². The lowest BCUT2D eigenvalue weighted by Crippen LogP contribution is -2.37. The molecule has 0 spiro atoms. The highest BCUT2D eigenvalue weighted by Crippen LogP contribution is 2.39. The van der Waals surface area contributed by atoms with Gasteiger partial charge in [0, 0.05) is 5.56 Å². The van der Waals surface area contributed by atoms with Crippen molar-refractivity contribution in [1.29, 1.82) is 0 Å². The van der Waals surface area contributed by atoms with Crippen LogP contribution in [0.1, 0.15) is 0 Å². The third-order valence-electron chi connectivity index (χ3n) is 6.68. The van der Waals surface area contributed by atoms with Crippen LogP contribution in [0.25, 0.3) is 53.8 Å². The molecule has 0 bridgehead atoms. The Morgan fingerprint density at radius 3 is 1.97 bits per heavy atom. The van der Waals surface area contributed by atoms with E-state index in [1.165, 1.54) is 48.5 Å². The second-order valence-electron chi connectivity index (χ2n) is 10.1. The average molecular weight is 486 g/mol. The fourth-order valence-corrected chi connectivity index (χ4v) is 6.95. The molecule has 6 rings (SSSR count). The lowest BCUT2D eigenvalue weighted by Gasteiger charge is -2.18. The van der Waals surface area contributed by atoms with Gasteiger partial charge in [-0.1, -0.05) is 116 Å². The van der Waals surface area contributed by atoms with Crippen LogP contribution in [0.4, 0.5) is 0 Å². The van der Waals surface area contributed by atoms with Crippen LogP contribution in [-0.2, 0) is 0 Å². The molecule has 0 aliphatic rings. The monoisotopic (exact) mass is 485 g/mol. The van der Waals surface area contributed by atoms with Gasteiger partial charge in [-0.15, -0.1) is 11.3 Å². The summed E-state index contributed by atoms with van der Waals surface area (Å²) in [6, 6.07) is 39.7. The number of benzene rings is 5. The zero-order chi connectivity index (χ0) is 24.0. The van der Waals surface area contributed by atoms with E-state index >= 15 is 0 Å². The first-order valence-corrected chi connectivity index (χ1v) is 16.4. The second kappa shape index (κ2) is 8.60. The van der Waals surface area contributed by atoms with Gasteiger partial charge in [0.05, 0.1) is 18.3 Å². The Hall–Kier alpha value is -3.53. The molecule has 35 heavy (non-hydrogen) atoms. The van der Waals surface area contributed by atoms with Gasteiger partial charge in [-0.25, -0.2) is 4.98 Å². The third-order valence-corrected chi connectivity index (χ3v) is 9.80. The molecule has 0 aliphatic heterocycles. The van der Waals surface area contributed by atoms with Gasteiger partial charge in [0.15, 0.2) is 0 Å². The van der Waals surface area contributed by atoms with Gasteiger partial charge in [-0.05, 0) is 51.2 Å². The average Bonchev–Trinajstić information content (AvgIpc) is 3.32. The minimum atomic E-state index is -1.37. The Morgan fingerprint density at radius 1 is 0.571 bits per heavy atom. The lowest BCUT2D eigenvalue weighted by molar-refractivity contribution is 1.49. The van der Waals surface area contributed by atoms with Crippen molar-refractivity contribution < 1.29 is 0 Å². The van der Waals surface area contributed by atoms with E-state index in [2.05, 4.69) is 129 Å². The summed E-state index contributed by atoms with van der Waals surface area (Å²) in [4.78, 5) is 4.94. The topological polar surface area (TPSA) is 12.9 Å². The number of aromatic nitrogens is 1. The van der Waals surface area contributed by atoms with E-state index in [4.69, 9.17) is 4.98 Å². The molecule has 3 heteroatoms. The van der Waals surface area contributed by atoms with Gasteiger partial charge >= 0.3 is 0 Å². The van der Waals surface area contributed by atoms with E-state index in [1.807, 2.05) is 0 Å². The Bertz CT molecular complexity index is 1660. The number of thiazole rings is 1. The highest BCUT2D eigenvalue weighted by Gasteiger charge is 2.17. The lowest BCUT2D eigenvalue weighted by atomic mass is 9.93. The molecular weight excluding hydrogens is 459 g/mol. The van der Waals surface area contributed by atoms with Crippen molar-refractivity contribution in [2.75, 3.05) is 0 Å². The third kappa shape index (κ3) is 4.11. The Labute approximate surface area is 211 Å². The van der Waals surface area contributed by atoms with Crippen LogP contribution >= 0.6 is 11.3 Å². The zero-order valence-electron chi connectivity index (χ0n) is 20.2. The van der Waals surface area contributed by atoms with Crippen LogP contribution in [0.3, 0.4) is 0 Å². The maximum Gasteiger partial charge on any atom is 0.125 e. The van der Waals surface area contributed by atoms with E-state index in [0.29, 0.717) is 0 Å². The zero-order valence-corrected chi connectivity index (χ0v) is 22.1. The van der Waals surface area contributed by atoms with Crippen LogP contribution in [-0.4, -0.2) is 13.1 Å². The summed E-state index contributed by atoms with van der Waals surface area (Å²) in [6.45, 7) is 7.21. The summed E-state index contributed by atoms with van der Waals surface area (Å²) in [5, 5.41) is 5.07. The Kier molecular flexibility index (Phi) is 5.40. The Morgan fingerprint density at radius 2 is 1.20 bits per heavy atom. The minimum absolute atomic E-state index is 1.06. The van der Waals surface area contributed by atoms with E-state index in [1.54, 1.807) is 11.3 Å². The van der Waals surface area contributed by atoms with Crippen molar-refractivity contribution >= 4 is 45.6 Å². The second-order valence-corrected chi connectivity index (χ2v) is 16.2. The molecule has 0 radical (unpaired) electrons. The largest absolute Gasteiger partial charge is 0.236 e. The molecule has 1 nitrogen and oxygen atoms in total. The van der Waals surface area contributed by atoms with Gasteiger partial charge < -0.3 is 0 Å². The summed E-state index contributed by atoms with van der Waals surface area (Å²) >= 11 is 1.76. The molecule has 0 unspecified atom stereocenters. The first-order valence-electron chi connectivity index (χ1n) is 12.1. The molecule has 0 aliphatic carbocycles. The fourth-order valence-electron chi connectivity index (χ4n) is 4.76. The first kappa shape index (κ1) is 22.0. The van der Waals surface area contributed by atoms with Gasteiger partial charge in [0.25, 0.3) is 0 Å². The molecule has 0 N–H and O–H groups in total. The van der Waals surface area contributed by atoms with Gasteiger partial charge in [0.2, 0.25) is 0 Å². The minimum Gasteiger partial charge on any atom is -0.236 e. The number of hydrogen-bond acceptors (Lipinski definition) is 2. The molecule has 0 saturated heterocycles. The summed E-state index contributed by atoms with van der Waals surface area (Å²) < 4.78 is 1.23. The van der Waals surface area contributed by atoms with Crippen LogP contribution in [0.5, 0.6) is 0 Å². The van der Waals surface area contributed by atoms with E-state index in [0.717, 1.165) is 10.5 Å². The highest BCUT2D eigenvalue weighted by atomic mass is 32.1. The van der Waals surface area contributed by atoms with Crippen molar-refractivity contribution in [3.8, 4) is 32.8 Å². The van der Waals surface area contributed by atoms with Crippen molar-refractivity contribution in [2.24, 2.45) is 0 Å². The van der Waals surface area contributed by atoms with E-state index < -0.39 is 8.07 Å². The summed E-state index contributed by atoms with van der Waals surface area (Å²) in [6.07, 6.45) is 0. The molecule has 1 aromatic heterocycles. The van der Waals surface area contributed by atoms with Crippen molar-refractivity contribution in [2.45, 2.75) is 19.6 Å². The number of fused-ring (bicyclic) bond motifs is 2. The summed E-state index contributed by atoms with van der Waals surface area (Å²) in [5.41, 5.74) is 7.32.